The van der Waals surface area contributed by atoms with Gasteiger partial charge in [-0.25, -0.2) is 19.6 Å². The minimum Gasteiger partial charge on any atom is -0.342 e. The van der Waals surface area contributed by atoms with E-state index < -0.39 is 0 Å². The number of aromatic nitrogens is 9. The van der Waals surface area contributed by atoms with Crippen molar-refractivity contribution in [1.29, 1.82) is 0 Å². The number of fused-ring (bicyclic) bond motifs is 1. The number of nitrogens with zero attached hydrogens (tertiary/aromatic N) is 8. The number of nitrogens with one attached hydrogen (secondary N) is 2. The second-order valence-corrected chi connectivity index (χ2v) is 9.31. The number of carbonyl (C=O) groups is 1. The van der Waals surface area contributed by atoms with Crippen LogP contribution in [0.5, 0.6) is 0 Å². The van der Waals surface area contributed by atoms with Gasteiger partial charge in [0.05, 0.1) is 29.7 Å². The highest BCUT2D eigenvalue weighted by Gasteiger charge is 2.24. The molecular weight excluding hydrogens is 440 g/mol. The second-order valence-electron chi connectivity index (χ2n) is 8.08. The van der Waals surface area contributed by atoms with Gasteiger partial charge >= 0.3 is 0 Å². The van der Waals surface area contributed by atoms with Gasteiger partial charge < -0.3 is 5.32 Å². The maximum absolute atomic E-state index is 13.4. The van der Waals surface area contributed by atoms with Crippen LogP contribution in [-0.4, -0.2) is 50.5 Å². The SMILES string of the molecule is Cc1cnc(-c2cnc3c(-n4nncc4C)cc(C(=O)NC(c4ncn[nH]4)C(C)C)cn23)s1. The van der Waals surface area contributed by atoms with Crippen LogP contribution in [0, 0.1) is 19.8 Å². The summed E-state index contributed by atoms with van der Waals surface area (Å²) in [6.45, 7) is 7.93. The zero-order chi connectivity index (χ0) is 23.1. The molecule has 5 aromatic heterocycles. The van der Waals surface area contributed by atoms with Crippen LogP contribution >= 0.6 is 11.3 Å². The van der Waals surface area contributed by atoms with Gasteiger partial charge in [0, 0.05) is 17.3 Å². The average Bonchev–Trinajstić information content (AvgIpc) is 3.58. The van der Waals surface area contributed by atoms with Gasteiger partial charge in [-0.2, -0.15) is 5.10 Å². The van der Waals surface area contributed by atoms with E-state index in [0.29, 0.717) is 22.7 Å². The number of thiazole rings is 1. The van der Waals surface area contributed by atoms with Crippen molar-refractivity contribution >= 4 is 22.9 Å². The zero-order valence-corrected chi connectivity index (χ0v) is 19.3. The molecular formula is C21H22N10OS. The van der Waals surface area contributed by atoms with Crippen molar-refractivity contribution in [3.8, 4) is 16.4 Å². The Hall–Kier alpha value is -3.93. The van der Waals surface area contributed by atoms with Crippen LogP contribution in [-0.2, 0) is 0 Å². The van der Waals surface area contributed by atoms with Crippen LogP contribution in [0.3, 0.4) is 0 Å². The summed E-state index contributed by atoms with van der Waals surface area (Å²) in [6.07, 6.45) is 8.45. The third kappa shape index (κ3) is 3.78. The number of rotatable bonds is 6. The average molecular weight is 463 g/mol. The van der Waals surface area contributed by atoms with Crippen LogP contribution < -0.4 is 5.32 Å². The largest absolute Gasteiger partial charge is 0.342 e. The molecule has 0 bridgehead atoms. The predicted molar refractivity (Wildman–Crippen MR) is 122 cm³/mol. The highest BCUT2D eigenvalue weighted by molar-refractivity contribution is 7.14. The Balaban J connectivity index is 1.64. The first-order valence-corrected chi connectivity index (χ1v) is 11.2. The van der Waals surface area contributed by atoms with Gasteiger partial charge in [0.2, 0.25) is 0 Å². The van der Waals surface area contributed by atoms with Crippen molar-refractivity contribution in [1.82, 2.24) is 49.9 Å². The number of aryl methyl sites for hydroxylation is 2. The maximum atomic E-state index is 13.4. The van der Waals surface area contributed by atoms with Crippen molar-refractivity contribution in [3.63, 3.8) is 0 Å². The van der Waals surface area contributed by atoms with Crippen LogP contribution in [0.2, 0.25) is 0 Å². The van der Waals surface area contributed by atoms with Gasteiger partial charge in [0.25, 0.3) is 5.91 Å². The molecule has 0 aliphatic heterocycles. The normalized spacial score (nSPS) is 12.5. The Morgan fingerprint density at radius 3 is 2.64 bits per heavy atom. The molecule has 0 spiro atoms. The minimum atomic E-state index is -0.323. The van der Waals surface area contributed by atoms with Crippen molar-refractivity contribution in [2.45, 2.75) is 33.7 Å². The molecule has 11 nitrogen and oxygen atoms in total. The first-order valence-electron chi connectivity index (χ1n) is 10.4. The number of carbonyl (C=O) groups excluding carboxylic acids is 1. The molecule has 12 heteroatoms. The van der Waals surface area contributed by atoms with E-state index in [1.807, 2.05) is 38.3 Å². The Morgan fingerprint density at radius 2 is 2.00 bits per heavy atom. The maximum Gasteiger partial charge on any atom is 0.253 e. The van der Waals surface area contributed by atoms with E-state index in [2.05, 4.69) is 40.8 Å². The van der Waals surface area contributed by atoms with E-state index >= 15 is 0 Å². The summed E-state index contributed by atoms with van der Waals surface area (Å²) in [6, 6.07) is 1.45. The van der Waals surface area contributed by atoms with Crippen LogP contribution in [0.4, 0.5) is 0 Å². The number of aromatic amines is 1. The summed E-state index contributed by atoms with van der Waals surface area (Å²) in [7, 11) is 0. The Kier molecular flexibility index (Phi) is 5.21. The first kappa shape index (κ1) is 20.9. The molecule has 0 aliphatic carbocycles. The molecule has 1 atom stereocenters. The third-order valence-electron chi connectivity index (χ3n) is 5.32. The molecule has 0 saturated heterocycles. The molecule has 0 aliphatic rings. The zero-order valence-electron chi connectivity index (χ0n) is 18.5. The molecule has 0 fully saturated rings. The van der Waals surface area contributed by atoms with Crippen molar-refractivity contribution in [2.75, 3.05) is 0 Å². The van der Waals surface area contributed by atoms with Crippen LogP contribution in [0.25, 0.3) is 22.0 Å². The van der Waals surface area contributed by atoms with Gasteiger partial charge in [-0.15, -0.1) is 16.4 Å². The lowest BCUT2D eigenvalue weighted by Gasteiger charge is -2.20. The standard InChI is InChI=1S/C21H22N10OS/c1-11(2)17(18-24-10-26-28-18)27-20(32)14-5-15(31-12(3)6-25-29-31)19-22-8-16(30(19)9-14)21-23-7-13(4)33-21/h5-11,17H,1-4H3,(H,27,32)(H,24,26,28). The lowest BCUT2D eigenvalue weighted by Crippen LogP contribution is -2.32. The third-order valence-corrected chi connectivity index (χ3v) is 6.25. The van der Waals surface area contributed by atoms with Crippen LogP contribution in [0.15, 0.2) is 37.2 Å². The van der Waals surface area contributed by atoms with E-state index in [4.69, 9.17) is 0 Å². The molecule has 2 N–H and O–H groups in total. The molecule has 0 saturated carbocycles. The molecule has 33 heavy (non-hydrogen) atoms. The fourth-order valence-corrected chi connectivity index (χ4v) is 4.42. The summed E-state index contributed by atoms with van der Waals surface area (Å²) >= 11 is 1.57. The Morgan fingerprint density at radius 1 is 1.15 bits per heavy atom. The van der Waals surface area contributed by atoms with Gasteiger partial charge in [-0.05, 0) is 25.8 Å². The summed E-state index contributed by atoms with van der Waals surface area (Å²) in [5.74, 6) is 0.458. The quantitative estimate of drug-likeness (QED) is 0.396. The highest BCUT2D eigenvalue weighted by Crippen LogP contribution is 2.29. The molecule has 5 aromatic rings. The molecule has 1 unspecified atom stereocenters. The fraction of sp³-hybridized carbons (Fsp3) is 0.286. The number of hydrogen-bond acceptors (Lipinski definition) is 8. The van der Waals surface area contributed by atoms with E-state index in [1.54, 1.807) is 40.7 Å². The van der Waals surface area contributed by atoms with Gasteiger partial charge in [0.15, 0.2) is 5.65 Å². The van der Waals surface area contributed by atoms with E-state index in [-0.39, 0.29) is 17.9 Å². The molecule has 0 radical (unpaired) electrons. The lowest BCUT2D eigenvalue weighted by molar-refractivity contribution is 0.0922. The second kappa shape index (κ2) is 8.20. The first-order chi connectivity index (χ1) is 15.9. The minimum absolute atomic E-state index is 0.102. The summed E-state index contributed by atoms with van der Waals surface area (Å²) in [4.78, 5) is 27.8. The Labute approximate surface area is 192 Å². The molecule has 0 aromatic carbocycles. The summed E-state index contributed by atoms with van der Waals surface area (Å²) in [5.41, 5.74) is 3.37. The van der Waals surface area contributed by atoms with E-state index in [1.165, 1.54) is 6.33 Å². The topological polar surface area (TPSA) is 132 Å². The highest BCUT2D eigenvalue weighted by atomic mass is 32.1. The number of pyridine rings is 1. The van der Waals surface area contributed by atoms with E-state index in [9.17, 15) is 4.79 Å². The summed E-state index contributed by atoms with van der Waals surface area (Å²) < 4.78 is 3.55. The fourth-order valence-electron chi connectivity index (χ4n) is 3.65. The number of hydrogen-bond donors (Lipinski definition) is 2. The summed E-state index contributed by atoms with van der Waals surface area (Å²) in [5, 5.41) is 18.9. The van der Waals surface area contributed by atoms with Crippen LogP contribution in [0.1, 0.15) is 46.6 Å². The monoisotopic (exact) mass is 462 g/mol. The predicted octanol–water partition coefficient (Wildman–Crippen LogP) is 2.90. The van der Waals surface area contributed by atoms with E-state index in [0.717, 1.165) is 21.3 Å². The molecule has 1 amide bonds. The number of amides is 1. The smallest absolute Gasteiger partial charge is 0.253 e. The van der Waals surface area contributed by atoms with Gasteiger partial charge in [-0.3, -0.25) is 14.3 Å². The number of imidazole rings is 1. The van der Waals surface area contributed by atoms with Gasteiger partial charge in [0.1, 0.15) is 28.5 Å². The van der Waals surface area contributed by atoms with Crippen molar-refractivity contribution < 1.29 is 4.79 Å². The molecule has 168 valence electrons. The number of H-pyrrole nitrogens is 1. The van der Waals surface area contributed by atoms with Crippen molar-refractivity contribution in [2.24, 2.45) is 5.92 Å². The van der Waals surface area contributed by atoms with Crippen molar-refractivity contribution in [3.05, 3.63) is 59.1 Å². The Bertz CT molecular complexity index is 1430. The lowest BCUT2D eigenvalue weighted by atomic mass is 10.0. The molecule has 5 rings (SSSR count). The molecule has 5 heterocycles. The van der Waals surface area contributed by atoms with Gasteiger partial charge in [-0.1, -0.05) is 19.1 Å².